The van der Waals surface area contributed by atoms with Crippen LogP contribution >= 0.6 is 0 Å². The minimum Gasteiger partial charge on any atom is -0.459 e. The first-order valence-electron chi connectivity index (χ1n) is 22.3. The number of carbonyl (C=O) groups excluding carboxylic acids is 3. The molecular formula is C46H76N2O15. The molecule has 1 aromatic rings. The predicted octanol–water partition coefficient (Wildman–Crippen LogP) is 2.10. The van der Waals surface area contributed by atoms with Crippen LogP contribution in [0.15, 0.2) is 30.3 Å². The zero-order valence-corrected chi connectivity index (χ0v) is 39.3. The van der Waals surface area contributed by atoms with E-state index in [2.05, 4.69) is 5.32 Å². The van der Waals surface area contributed by atoms with Crippen LogP contribution in [0.3, 0.4) is 0 Å². The first-order valence-corrected chi connectivity index (χ1v) is 22.3. The van der Waals surface area contributed by atoms with E-state index in [1.807, 2.05) is 56.3 Å². The molecule has 18 atom stereocenters. The number of hydrogen-bond acceptors (Lipinski definition) is 16. The van der Waals surface area contributed by atoms with E-state index in [1.54, 1.807) is 34.6 Å². The van der Waals surface area contributed by atoms with E-state index in [0.29, 0.717) is 6.42 Å². The third kappa shape index (κ3) is 13.0. The summed E-state index contributed by atoms with van der Waals surface area (Å²) < 4.78 is 43.1. The Morgan fingerprint density at radius 2 is 1.56 bits per heavy atom. The Labute approximate surface area is 373 Å². The van der Waals surface area contributed by atoms with Gasteiger partial charge in [-0.2, -0.15) is 0 Å². The number of cyclic esters (lactones) is 1. The van der Waals surface area contributed by atoms with Crippen molar-refractivity contribution < 1.29 is 73.1 Å². The van der Waals surface area contributed by atoms with Crippen LogP contribution in [0.4, 0.5) is 0 Å². The van der Waals surface area contributed by atoms with Crippen molar-refractivity contribution in [2.45, 2.75) is 179 Å². The van der Waals surface area contributed by atoms with Crippen molar-refractivity contribution >= 4 is 17.7 Å². The van der Waals surface area contributed by atoms with E-state index in [1.165, 1.54) is 27.9 Å². The summed E-state index contributed by atoms with van der Waals surface area (Å²) in [5, 5.41) is 61.7. The molecule has 63 heavy (non-hydrogen) atoms. The highest BCUT2D eigenvalue weighted by Crippen LogP contribution is 2.41. The lowest BCUT2D eigenvalue weighted by atomic mass is 9.74. The first-order chi connectivity index (χ1) is 29.3. The number of ketones is 1. The summed E-state index contributed by atoms with van der Waals surface area (Å²) in [4.78, 5) is 43.4. The molecule has 4 rings (SSSR count). The molecule has 1 amide bonds. The van der Waals surface area contributed by atoms with Gasteiger partial charge in [-0.15, -0.1) is 0 Å². The number of Topliss-reactive ketones (excluding diaryl/α,β-unsaturated/α-hetero) is 1. The molecular weight excluding hydrogens is 821 g/mol. The molecule has 8 unspecified atom stereocenters. The largest absolute Gasteiger partial charge is 0.459 e. The number of nitrogens with one attached hydrogen (secondary N) is 1. The standard InChI is InChI=1S/C46H76N2O15/c1-25-21-44(7,55)41(63-43-37(51)32(48(10)11)20-26(2)59-43)28(4)38(62-35-22-45(8,57-12)40(53)30(6)60-35)29(5)42(54)61-33(46(9,56)39(52)27(3)36(25)50)18-19-47-34(49)24-58-23-31-16-14-13-15-17-31/h13-17,25-30,32-33,35,37-41,43,51-53,55-56H,18-24H2,1-12H3,(H,47,49)/t25-,26?,27+,28+,29-,30?,32?,33-,35?,37?,38+,39-,40?,41-,43?,44-,45?,46-/m1/s1. The van der Waals surface area contributed by atoms with Crippen LogP contribution in [0.1, 0.15) is 93.6 Å². The smallest absolute Gasteiger partial charge is 0.311 e. The van der Waals surface area contributed by atoms with Gasteiger partial charge >= 0.3 is 5.97 Å². The minimum atomic E-state index is -2.22. The van der Waals surface area contributed by atoms with E-state index in [0.717, 1.165) is 5.56 Å². The van der Waals surface area contributed by atoms with Crippen molar-refractivity contribution in [3.63, 3.8) is 0 Å². The number of carbonyl (C=O) groups is 3. The van der Waals surface area contributed by atoms with Gasteiger partial charge in [0.25, 0.3) is 0 Å². The number of nitrogens with zero attached hydrogens (tertiary/aromatic N) is 1. The Morgan fingerprint density at radius 3 is 2.17 bits per heavy atom. The number of hydrogen-bond donors (Lipinski definition) is 6. The lowest BCUT2D eigenvalue weighted by Crippen LogP contribution is -2.61. The highest BCUT2D eigenvalue weighted by atomic mass is 16.7. The van der Waals surface area contributed by atoms with Gasteiger partial charge in [0.2, 0.25) is 5.91 Å². The van der Waals surface area contributed by atoms with E-state index in [9.17, 15) is 39.9 Å². The molecule has 3 heterocycles. The van der Waals surface area contributed by atoms with E-state index in [-0.39, 0.29) is 51.2 Å². The molecule has 3 aliphatic heterocycles. The summed E-state index contributed by atoms with van der Waals surface area (Å²) in [6.07, 6.45) is -11.1. The fourth-order valence-corrected chi connectivity index (χ4v) is 9.49. The van der Waals surface area contributed by atoms with Crippen molar-refractivity contribution in [2.24, 2.45) is 23.7 Å². The number of likely N-dealkylation sites (N-methyl/N-ethyl adjacent to an activating group) is 1. The zero-order valence-electron chi connectivity index (χ0n) is 39.3. The van der Waals surface area contributed by atoms with Crippen molar-refractivity contribution in [2.75, 3.05) is 34.4 Å². The molecule has 0 bridgehead atoms. The van der Waals surface area contributed by atoms with E-state index in [4.69, 9.17) is 33.2 Å². The summed E-state index contributed by atoms with van der Waals surface area (Å²) in [6.45, 7) is 14.2. The summed E-state index contributed by atoms with van der Waals surface area (Å²) in [5.74, 6) is -6.07. The Kier molecular flexibility index (Phi) is 18.7. The van der Waals surface area contributed by atoms with Gasteiger partial charge < -0.3 is 68.9 Å². The normalized spacial score (nSPS) is 42.3. The summed E-state index contributed by atoms with van der Waals surface area (Å²) in [5.41, 5.74) is -4.31. The summed E-state index contributed by atoms with van der Waals surface area (Å²) >= 11 is 0. The van der Waals surface area contributed by atoms with Gasteiger partial charge in [0.05, 0.1) is 54.2 Å². The molecule has 0 saturated carbocycles. The Morgan fingerprint density at radius 1 is 0.905 bits per heavy atom. The number of aliphatic hydroxyl groups is 5. The van der Waals surface area contributed by atoms with Gasteiger partial charge in [-0.3, -0.25) is 14.4 Å². The van der Waals surface area contributed by atoms with Crippen molar-refractivity contribution in [3.05, 3.63) is 35.9 Å². The second-order valence-corrected chi connectivity index (χ2v) is 19.2. The quantitative estimate of drug-likeness (QED) is 0.156. The summed E-state index contributed by atoms with van der Waals surface area (Å²) in [6, 6.07) is 8.96. The molecule has 0 aromatic heterocycles. The monoisotopic (exact) mass is 897 g/mol. The highest BCUT2D eigenvalue weighted by molar-refractivity contribution is 5.83. The number of methoxy groups -OCH3 is 1. The average molecular weight is 897 g/mol. The Balaban J connectivity index is 1.73. The van der Waals surface area contributed by atoms with Crippen molar-refractivity contribution in [1.29, 1.82) is 0 Å². The third-order valence-electron chi connectivity index (χ3n) is 13.5. The second kappa shape index (κ2) is 22.2. The van der Waals surface area contributed by atoms with Gasteiger partial charge in [-0.1, -0.05) is 51.1 Å². The van der Waals surface area contributed by atoms with Crippen LogP contribution in [0, 0.1) is 23.7 Å². The number of esters is 1. The van der Waals surface area contributed by atoms with Crippen LogP contribution < -0.4 is 5.32 Å². The van der Waals surface area contributed by atoms with Gasteiger partial charge in [0.15, 0.2) is 12.6 Å². The van der Waals surface area contributed by atoms with Crippen molar-refractivity contribution in [3.8, 4) is 0 Å². The van der Waals surface area contributed by atoms with Gasteiger partial charge in [0, 0.05) is 50.3 Å². The Hall–Kier alpha value is -2.65. The first kappa shape index (κ1) is 53.0. The SMILES string of the molecule is COC1(C)CC(O[C@H]2[C@H](C)[C@@H](OC3OC(C)CC(N(C)C)C3O)[C@](C)(O)C[C@@H](C)C(=O)[C@H](C)[C@@H](O)[C@](C)(O)[C@@H](CCNC(=O)COCc3ccccc3)OC(=O)[C@@H]2C)OC(C)C1O. The third-order valence-corrected chi connectivity index (χ3v) is 13.5. The minimum absolute atomic E-state index is 0.0378. The van der Waals surface area contributed by atoms with Crippen LogP contribution in [0.5, 0.6) is 0 Å². The maximum Gasteiger partial charge on any atom is 0.311 e. The molecule has 3 saturated heterocycles. The van der Waals surface area contributed by atoms with Gasteiger partial charge in [0.1, 0.15) is 36.3 Å². The van der Waals surface area contributed by atoms with Crippen LogP contribution in [-0.2, 0) is 54.1 Å². The molecule has 0 spiro atoms. The summed E-state index contributed by atoms with van der Waals surface area (Å²) in [7, 11) is 5.13. The van der Waals surface area contributed by atoms with Gasteiger partial charge in [-0.05, 0) is 74.0 Å². The number of amides is 1. The lowest BCUT2D eigenvalue weighted by molar-refractivity contribution is -0.318. The number of aliphatic hydroxyl groups excluding tert-OH is 3. The number of benzene rings is 1. The van der Waals surface area contributed by atoms with Crippen LogP contribution in [0.2, 0.25) is 0 Å². The maximum atomic E-state index is 14.6. The molecule has 17 nitrogen and oxygen atoms in total. The highest BCUT2D eigenvalue weighted by Gasteiger charge is 2.53. The molecule has 0 radical (unpaired) electrons. The van der Waals surface area contributed by atoms with Crippen LogP contribution in [-0.4, -0.2) is 167 Å². The molecule has 3 fully saturated rings. The topological polar surface area (TPSA) is 232 Å². The fourth-order valence-electron chi connectivity index (χ4n) is 9.49. The molecule has 17 heteroatoms. The van der Waals surface area contributed by atoms with E-state index >= 15 is 0 Å². The maximum absolute atomic E-state index is 14.6. The van der Waals surface area contributed by atoms with Crippen LogP contribution in [0.25, 0.3) is 0 Å². The molecule has 6 N–H and O–H groups in total. The van der Waals surface area contributed by atoms with Gasteiger partial charge in [-0.25, -0.2) is 0 Å². The molecule has 3 aliphatic rings. The second-order valence-electron chi connectivity index (χ2n) is 19.2. The van der Waals surface area contributed by atoms with Crippen molar-refractivity contribution in [1.82, 2.24) is 10.2 Å². The lowest BCUT2D eigenvalue weighted by Gasteiger charge is -2.49. The molecule has 360 valence electrons. The fraction of sp³-hybridized carbons (Fsp3) is 0.804. The molecule has 1 aromatic carbocycles. The number of rotatable bonds is 13. The molecule has 0 aliphatic carbocycles. The predicted molar refractivity (Wildman–Crippen MR) is 230 cm³/mol. The zero-order chi connectivity index (χ0) is 47.2. The average Bonchev–Trinajstić information content (AvgIpc) is 3.22. The Bertz CT molecular complexity index is 1630. The van der Waals surface area contributed by atoms with E-state index < -0.39 is 113 Å². The number of ether oxygens (including phenoxy) is 7.